The van der Waals surface area contributed by atoms with E-state index in [9.17, 15) is 14.4 Å². The van der Waals surface area contributed by atoms with Crippen LogP contribution in [0.25, 0.3) is 0 Å². The summed E-state index contributed by atoms with van der Waals surface area (Å²) in [6, 6.07) is 0. The first kappa shape index (κ1) is 20.4. The minimum absolute atomic E-state index is 0.0162. The Hall–Kier alpha value is -2.57. The Morgan fingerprint density at radius 3 is 2.26 bits per heavy atom. The van der Waals surface area contributed by atoms with Crippen molar-refractivity contribution in [1.82, 2.24) is 5.32 Å². The van der Waals surface area contributed by atoms with Crippen molar-refractivity contribution in [3.63, 3.8) is 0 Å². The van der Waals surface area contributed by atoms with Gasteiger partial charge >= 0.3 is 18.0 Å². The molecule has 0 saturated heterocycles. The highest BCUT2D eigenvalue weighted by Crippen LogP contribution is 2.04. The zero-order valence-corrected chi connectivity index (χ0v) is 13.7. The van der Waals surface area contributed by atoms with Gasteiger partial charge in [-0.1, -0.05) is 18.2 Å². The van der Waals surface area contributed by atoms with Crippen molar-refractivity contribution in [2.45, 2.75) is 20.8 Å². The van der Waals surface area contributed by atoms with Crippen molar-refractivity contribution in [2.24, 2.45) is 0 Å². The average molecular weight is 325 g/mol. The second-order valence-electron chi connectivity index (χ2n) is 4.54. The van der Waals surface area contributed by atoms with Crippen molar-refractivity contribution in [3.8, 4) is 0 Å². The Balaban J connectivity index is 3.84. The summed E-state index contributed by atoms with van der Waals surface area (Å²) in [6.07, 6.45) is 3.70. The summed E-state index contributed by atoms with van der Waals surface area (Å²) in [5, 5.41) is 2.38. The number of carbonyl (C=O) groups excluding carboxylic acids is 3. The minimum atomic E-state index is -0.689. The second kappa shape index (κ2) is 12.0. The molecule has 7 nitrogen and oxygen atoms in total. The van der Waals surface area contributed by atoms with Gasteiger partial charge in [-0.2, -0.15) is 0 Å². The highest BCUT2D eigenvalue weighted by molar-refractivity contribution is 5.91. The molecule has 128 valence electrons. The Bertz CT molecular complexity index is 489. The van der Waals surface area contributed by atoms with Crippen LogP contribution in [0.15, 0.2) is 36.0 Å². The number of esters is 2. The molecule has 7 heteroatoms. The minimum Gasteiger partial charge on any atom is -0.461 e. The van der Waals surface area contributed by atoms with Gasteiger partial charge in [0.1, 0.15) is 19.8 Å². The molecule has 0 atom stereocenters. The van der Waals surface area contributed by atoms with Crippen LogP contribution in [0.2, 0.25) is 0 Å². The van der Waals surface area contributed by atoms with Gasteiger partial charge in [-0.3, -0.25) is 0 Å². The molecule has 0 fully saturated rings. The standard InChI is InChI=1S/C16H23NO6/c1-5-13(11-12(3)4)15(19)22-9-10-23-16(20)17-7-8-21-14(18)6-2/h5-6,11H,2,7-10H2,1,3-4H3,(H,17,20)/b13-5+. The van der Waals surface area contributed by atoms with Crippen molar-refractivity contribution in [3.05, 3.63) is 36.0 Å². The van der Waals surface area contributed by atoms with E-state index in [1.165, 1.54) is 0 Å². The number of amides is 1. The van der Waals surface area contributed by atoms with Crippen LogP contribution >= 0.6 is 0 Å². The molecule has 0 aliphatic carbocycles. The fourth-order valence-electron chi connectivity index (χ4n) is 1.34. The lowest BCUT2D eigenvalue weighted by atomic mass is 10.2. The summed E-state index contributed by atoms with van der Waals surface area (Å²) >= 11 is 0. The molecule has 0 unspecified atom stereocenters. The third kappa shape index (κ3) is 10.8. The van der Waals surface area contributed by atoms with Gasteiger partial charge in [0.2, 0.25) is 0 Å². The average Bonchev–Trinajstić information content (AvgIpc) is 2.52. The maximum atomic E-state index is 11.7. The number of ether oxygens (including phenoxy) is 3. The summed E-state index contributed by atoms with van der Waals surface area (Å²) in [5.41, 5.74) is 1.42. The summed E-state index contributed by atoms with van der Waals surface area (Å²) in [5.74, 6) is -1.04. The molecular formula is C16H23NO6. The van der Waals surface area contributed by atoms with Crippen LogP contribution in [0.3, 0.4) is 0 Å². The molecule has 23 heavy (non-hydrogen) atoms. The van der Waals surface area contributed by atoms with E-state index in [4.69, 9.17) is 9.47 Å². The molecule has 0 aromatic carbocycles. The van der Waals surface area contributed by atoms with Crippen molar-refractivity contribution < 1.29 is 28.6 Å². The highest BCUT2D eigenvalue weighted by Gasteiger charge is 2.08. The van der Waals surface area contributed by atoms with Crippen molar-refractivity contribution in [1.29, 1.82) is 0 Å². The maximum Gasteiger partial charge on any atom is 0.407 e. The van der Waals surface area contributed by atoms with Crippen LogP contribution < -0.4 is 5.32 Å². The summed E-state index contributed by atoms with van der Waals surface area (Å²) in [7, 11) is 0. The van der Waals surface area contributed by atoms with E-state index >= 15 is 0 Å². The van der Waals surface area contributed by atoms with Crippen LogP contribution in [-0.4, -0.2) is 44.4 Å². The van der Waals surface area contributed by atoms with Gasteiger partial charge in [-0.05, 0) is 26.8 Å². The predicted octanol–water partition coefficient (Wildman–Crippen LogP) is 1.90. The molecular weight excluding hydrogens is 302 g/mol. The van der Waals surface area contributed by atoms with Gasteiger partial charge in [0.05, 0.1) is 12.1 Å². The molecule has 0 radical (unpaired) electrons. The first-order chi connectivity index (χ1) is 10.9. The lowest BCUT2D eigenvalue weighted by Crippen LogP contribution is -2.29. The zero-order chi connectivity index (χ0) is 17.7. The van der Waals surface area contributed by atoms with Crippen molar-refractivity contribution in [2.75, 3.05) is 26.4 Å². The number of rotatable bonds is 9. The summed E-state index contributed by atoms with van der Waals surface area (Å²) in [6.45, 7) is 8.72. The first-order valence-corrected chi connectivity index (χ1v) is 7.08. The highest BCUT2D eigenvalue weighted by atomic mass is 16.6. The van der Waals surface area contributed by atoms with Crippen LogP contribution in [-0.2, 0) is 23.8 Å². The molecule has 0 aromatic rings. The van der Waals surface area contributed by atoms with Crippen LogP contribution in [0.1, 0.15) is 20.8 Å². The van der Waals surface area contributed by atoms with E-state index in [-0.39, 0.29) is 26.4 Å². The fourth-order valence-corrected chi connectivity index (χ4v) is 1.34. The van der Waals surface area contributed by atoms with E-state index in [2.05, 4.69) is 16.6 Å². The number of hydrogen-bond acceptors (Lipinski definition) is 6. The second-order valence-corrected chi connectivity index (χ2v) is 4.54. The topological polar surface area (TPSA) is 90.9 Å². The number of carbonyl (C=O) groups is 3. The Morgan fingerprint density at radius 2 is 1.70 bits per heavy atom. The maximum absolute atomic E-state index is 11.7. The first-order valence-electron chi connectivity index (χ1n) is 7.08. The van der Waals surface area contributed by atoms with Gasteiger partial charge in [-0.15, -0.1) is 0 Å². The number of nitrogens with one attached hydrogen (secondary N) is 1. The van der Waals surface area contributed by atoms with Gasteiger partial charge in [0.15, 0.2) is 0 Å². The Labute approximate surface area is 136 Å². The summed E-state index contributed by atoms with van der Waals surface area (Å²) in [4.78, 5) is 33.7. The molecule has 1 amide bonds. The van der Waals surface area contributed by atoms with E-state index < -0.39 is 18.0 Å². The van der Waals surface area contributed by atoms with Crippen LogP contribution in [0, 0.1) is 0 Å². The molecule has 0 rings (SSSR count). The molecule has 0 saturated carbocycles. The smallest absolute Gasteiger partial charge is 0.407 e. The third-order valence-corrected chi connectivity index (χ3v) is 2.32. The molecule has 0 aromatic heterocycles. The third-order valence-electron chi connectivity index (χ3n) is 2.32. The molecule has 0 bridgehead atoms. The predicted molar refractivity (Wildman–Crippen MR) is 84.7 cm³/mol. The fraction of sp³-hybridized carbons (Fsp3) is 0.438. The zero-order valence-electron chi connectivity index (χ0n) is 13.7. The monoisotopic (exact) mass is 325 g/mol. The lowest BCUT2D eigenvalue weighted by molar-refractivity contribution is -0.139. The van der Waals surface area contributed by atoms with Gasteiger partial charge < -0.3 is 19.5 Å². The molecule has 0 heterocycles. The molecule has 0 spiro atoms. The molecule has 0 aliphatic heterocycles. The molecule has 1 N–H and O–H groups in total. The van der Waals surface area contributed by atoms with Crippen LogP contribution in [0.4, 0.5) is 4.79 Å². The lowest BCUT2D eigenvalue weighted by Gasteiger charge is -2.08. The van der Waals surface area contributed by atoms with E-state index in [0.717, 1.165) is 11.6 Å². The van der Waals surface area contributed by atoms with Gasteiger partial charge in [-0.25, -0.2) is 14.4 Å². The normalized spacial score (nSPS) is 10.3. The number of allylic oxidation sites excluding steroid dienone is 2. The number of hydrogen-bond donors (Lipinski definition) is 1. The van der Waals surface area contributed by atoms with E-state index in [1.54, 1.807) is 19.1 Å². The Kier molecular flexibility index (Phi) is 10.7. The quantitative estimate of drug-likeness (QED) is 0.229. The Morgan fingerprint density at radius 1 is 1.04 bits per heavy atom. The SMILES string of the molecule is C=CC(=O)OCCNC(=O)OCCOC(=O)/C(C=C(C)C)=C/C. The van der Waals surface area contributed by atoms with E-state index in [0.29, 0.717) is 5.57 Å². The largest absolute Gasteiger partial charge is 0.461 e. The van der Waals surface area contributed by atoms with Gasteiger partial charge in [0.25, 0.3) is 0 Å². The van der Waals surface area contributed by atoms with Crippen molar-refractivity contribution >= 4 is 18.0 Å². The van der Waals surface area contributed by atoms with Gasteiger partial charge in [0, 0.05) is 6.08 Å². The molecule has 0 aliphatic rings. The van der Waals surface area contributed by atoms with Crippen LogP contribution in [0.5, 0.6) is 0 Å². The summed E-state index contributed by atoms with van der Waals surface area (Å²) < 4.78 is 14.4. The van der Waals surface area contributed by atoms with E-state index in [1.807, 2.05) is 13.8 Å². The number of alkyl carbamates (subject to hydrolysis) is 1.